The summed E-state index contributed by atoms with van der Waals surface area (Å²) in [4.78, 5) is 0. The number of halogens is 1. The molecule has 0 radical (unpaired) electrons. The molecule has 13 heavy (non-hydrogen) atoms. The fraction of sp³-hybridized carbons (Fsp3) is 0.667. The minimum absolute atomic E-state index is 0.319. The van der Waals surface area contributed by atoms with Crippen LogP contribution in [0.3, 0.4) is 0 Å². The molecular weight excluding hydrogens is 271 g/mol. The Morgan fingerprint density at radius 2 is 2.00 bits per heavy atom. The monoisotopic (exact) mass is 288 g/mol. The summed E-state index contributed by atoms with van der Waals surface area (Å²) in [6.45, 7) is 2.33. The number of alkyl halides is 1. The third-order valence-corrected chi connectivity index (χ3v) is 4.28. The molecule has 2 aliphatic carbocycles. The summed E-state index contributed by atoms with van der Waals surface area (Å²) in [6, 6.07) is 0. The van der Waals surface area contributed by atoms with Gasteiger partial charge in [-0.05, 0) is 31.3 Å². The maximum absolute atomic E-state index is 2.58. The molecule has 0 nitrogen and oxygen atoms in total. The van der Waals surface area contributed by atoms with E-state index < -0.39 is 0 Å². The van der Waals surface area contributed by atoms with Crippen LogP contribution in [0.15, 0.2) is 23.8 Å². The molecule has 0 N–H and O–H groups in total. The van der Waals surface area contributed by atoms with Crippen LogP contribution < -0.4 is 0 Å². The normalized spacial score (nSPS) is 35.1. The van der Waals surface area contributed by atoms with Gasteiger partial charge in [0.2, 0.25) is 0 Å². The zero-order valence-electron chi connectivity index (χ0n) is 8.22. The smallest absolute Gasteiger partial charge is 0.0590 e. The molecular formula is C12H17I. The van der Waals surface area contributed by atoms with E-state index in [1.54, 1.807) is 5.57 Å². The van der Waals surface area contributed by atoms with E-state index in [1.165, 1.54) is 32.1 Å². The van der Waals surface area contributed by atoms with Gasteiger partial charge in [0.15, 0.2) is 0 Å². The van der Waals surface area contributed by atoms with Crippen molar-refractivity contribution in [2.75, 3.05) is 0 Å². The van der Waals surface area contributed by atoms with Gasteiger partial charge in [-0.1, -0.05) is 60.1 Å². The Morgan fingerprint density at radius 3 is 2.54 bits per heavy atom. The summed E-state index contributed by atoms with van der Waals surface area (Å²) < 4.78 is 0.319. The molecule has 0 bridgehead atoms. The quantitative estimate of drug-likeness (QED) is 0.499. The number of hydrogen-bond acceptors (Lipinski definition) is 0. The van der Waals surface area contributed by atoms with Gasteiger partial charge in [0.1, 0.15) is 0 Å². The molecule has 1 atom stereocenters. The van der Waals surface area contributed by atoms with Crippen molar-refractivity contribution in [3.63, 3.8) is 0 Å². The summed E-state index contributed by atoms with van der Waals surface area (Å²) in [5.74, 6) is 0.880. The molecule has 0 aromatic rings. The molecule has 0 aliphatic heterocycles. The molecule has 0 aromatic heterocycles. The first-order chi connectivity index (χ1) is 6.20. The average Bonchev–Trinajstić information content (AvgIpc) is 2.47. The lowest BCUT2D eigenvalue weighted by atomic mass is 9.80. The SMILES string of the molecule is CC1(I)C=CC=C1C1CCCCC1. The highest BCUT2D eigenvalue weighted by atomic mass is 127. The van der Waals surface area contributed by atoms with E-state index >= 15 is 0 Å². The topological polar surface area (TPSA) is 0 Å². The van der Waals surface area contributed by atoms with Crippen LogP contribution in [0.5, 0.6) is 0 Å². The van der Waals surface area contributed by atoms with E-state index in [-0.39, 0.29) is 0 Å². The predicted molar refractivity (Wildman–Crippen MR) is 66.2 cm³/mol. The first-order valence-electron chi connectivity index (χ1n) is 5.29. The van der Waals surface area contributed by atoms with Gasteiger partial charge in [0.25, 0.3) is 0 Å². The standard InChI is InChI=1S/C12H17I/c1-12(13)9-5-8-11(12)10-6-3-2-4-7-10/h5,8-10H,2-4,6-7H2,1H3. The lowest BCUT2D eigenvalue weighted by Crippen LogP contribution is -2.21. The maximum Gasteiger partial charge on any atom is 0.0590 e. The van der Waals surface area contributed by atoms with Crippen LogP contribution in [0.4, 0.5) is 0 Å². The van der Waals surface area contributed by atoms with Crippen LogP contribution >= 0.6 is 22.6 Å². The van der Waals surface area contributed by atoms with E-state index in [2.05, 4.69) is 47.7 Å². The van der Waals surface area contributed by atoms with Gasteiger partial charge in [0.05, 0.1) is 3.42 Å². The van der Waals surface area contributed by atoms with Gasteiger partial charge < -0.3 is 0 Å². The van der Waals surface area contributed by atoms with E-state index in [0.717, 1.165) is 5.92 Å². The average molecular weight is 288 g/mol. The minimum Gasteiger partial charge on any atom is -0.0697 e. The van der Waals surface area contributed by atoms with E-state index in [0.29, 0.717) is 3.42 Å². The fourth-order valence-electron chi connectivity index (χ4n) is 2.54. The van der Waals surface area contributed by atoms with Crippen LogP contribution in [0, 0.1) is 5.92 Å². The Balaban J connectivity index is 2.08. The second kappa shape index (κ2) is 3.76. The third kappa shape index (κ3) is 2.00. The van der Waals surface area contributed by atoms with E-state index in [9.17, 15) is 0 Å². The Hall–Kier alpha value is 0.210. The number of hydrogen-bond donors (Lipinski definition) is 0. The van der Waals surface area contributed by atoms with Crippen molar-refractivity contribution < 1.29 is 0 Å². The van der Waals surface area contributed by atoms with Crippen LogP contribution in [-0.2, 0) is 0 Å². The Morgan fingerprint density at radius 1 is 1.31 bits per heavy atom. The summed E-state index contributed by atoms with van der Waals surface area (Å²) in [7, 11) is 0. The fourth-order valence-corrected chi connectivity index (χ4v) is 3.37. The van der Waals surface area contributed by atoms with Gasteiger partial charge in [-0.15, -0.1) is 0 Å². The van der Waals surface area contributed by atoms with Gasteiger partial charge in [0, 0.05) is 0 Å². The molecule has 0 saturated heterocycles. The van der Waals surface area contributed by atoms with Gasteiger partial charge in [-0.25, -0.2) is 0 Å². The number of rotatable bonds is 1. The second-order valence-electron chi connectivity index (χ2n) is 4.39. The van der Waals surface area contributed by atoms with Gasteiger partial charge in [-0.2, -0.15) is 0 Å². The molecule has 1 fully saturated rings. The highest BCUT2D eigenvalue weighted by Crippen LogP contribution is 2.43. The van der Waals surface area contributed by atoms with E-state index in [4.69, 9.17) is 0 Å². The van der Waals surface area contributed by atoms with Crippen molar-refractivity contribution in [1.82, 2.24) is 0 Å². The molecule has 0 aromatic carbocycles. The van der Waals surface area contributed by atoms with Crippen LogP contribution in [0.1, 0.15) is 39.0 Å². The molecule has 1 heteroatoms. The van der Waals surface area contributed by atoms with Crippen molar-refractivity contribution in [3.05, 3.63) is 23.8 Å². The lowest BCUT2D eigenvalue weighted by Gasteiger charge is -2.30. The molecule has 0 amide bonds. The highest BCUT2D eigenvalue weighted by molar-refractivity contribution is 14.1. The van der Waals surface area contributed by atoms with Crippen molar-refractivity contribution in [2.24, 2.45) is 5.92 Å². The lowest BCUT2D eigenvalue weighted by molar-refractivity contribution is 0.394. The summed E-state index contributed by atoms with van der Waals surface area (Å²) in [5, 5.41) is 0. The van der Waals surface area contributed by atoms with Gasteiger partial charge >= 0.3 is 0 Å². The summed E-state index contributed by atoms with van der Waals surface area (Å²) in [5.41, 5.74) is 1.67. The number of allylic oxidation sites excluding steroid dienone is 4. The minimum atomic E-state index is 0.319. The van der Waals surface area contributed by atoms with Gasteiger partial charge in [-0.3, -0.25) is 0 Å². The zero-order valence-corrected chi connectivity index (χ0v) is 10.4. The molecule has 0 spiro atoms. The molecule has 1 unspecified atom stereocenters. The Bertz CT molecular complexity index is 242. The second-order valence-corrected chi connectivity index (χ2v) is 6.63. The van der Waals surface area contributed by atoms with Crippen LogP contribution in [-0.4, -0.2) is 3.42 Å². The largest absolute Gasteiger partial charge is 0.0697 e. The van der Waals surface area contributed by atoms with Crippen LogP contribution in [0.2, 0.25) is 0 Å². The van der Waals surface area contributed by atoms with Crippen molar-refractivity contribution >= 4 is 22.6 Å². The third-order valence-electron chi connectivity index (χ3n) is 3.29. The van der Waals surface area contributed by atoms with Crippen molar-refractivity contribution in [3.8, 4) is 0 Å². The Labute approximate surface area is 94.6 Å². The van der Waals surface area contributed by atoms with Crippen molar-refractivity contribution in [1.29, 1.82) is 0 Å². The molecule has 2 rings (SSSR count). The highest BCUT2D eigenvalue weighted by Gasteiger charge is 2.31. The molecule has 1 saturated carbocycles. The maximum atomic E-state index is 2.58. The first kappa shape index (κ1) is 9.75. The summed E-state index contributed by atoms with van der Waals surface area (Å²) in [6.07, 6.45) is 14.1. The van der Waals surface area contributed by atoms with Crippen molar-refractivity contribution in [2.45, 2.75) is 42.4 Å². The zero-order chi connectivity index (χ0) is 9.31. The molecule has 0 heterocycles. The molecule has 2 aliphatic rings. The Kier molecular flexibility index (Phi) is 2.82. The predicted octanol–water partition coefficient (Wildman–Crippen LogP) is 4.26. The van der Waals surface area contributed by atoms with E-state index in [1.807, 2.05) is 0 Å². The molecule has 72 valence electrons. The van der Waals surface area contributed by atoms with Crippen LogP contribution in [0.25, 0.3) is 0 Å². The summed E-state index contributed by atoms with van der Waals surface area (Å²) >= 11 is 2.58. The first-order valence-corrected chi connectivity index (χ1v) is 6.37.